The Morgan fingerprint density at radius 2 is 2.29 bits per heavy atom. The number of aromatic nitrogens is 2. The third-order valence-corrected chi connectivity index (χ3v) is 3.87. The first-order chi connectivity index (χ1) is 6.49. The lowest BCUT2D eigenvalue weighted by atomic mass is 10.4. The predicted molar refractivity (Wildman–Crippen MR) is 54.2 cm³/mol. The van der Waals surface area contributed by atoms with Crippen LogP contribution in [0.15, 0.2) is 12.4 Å². The molecule has 1 atom stereocenters. The lowest BCUT2D eigenvalue weighted by molar-refractivity contribution is 0.567. The Kier molecular flexibility index (Phi) is 3.28. The molecule has 5 nitrogen and oxygen atoms in total. The number of imidazole rings is 1. The van der Waals surface area contributed by atoms with E-state index in [0.717, 1.165) is 0 Å². The van der Waals surface area contributed by atoms with Crippen LogP contribution in [-0.4, -0.2) is 24.5 Å². The van der Waals surface area contributed by atoms with Gasteiger partial charge in [-0.15, -0.1) is 0 Å². The van der Waals surface area contributed by atoms with Crippen LogP contribution in [0.1, 0.15) is 24.9 Å². The zero-order valence-corrected chi connectivity index (χ0v) is 9.37. The molecule has 0 spiro atoms. The minimum absolute atomic E-state index is 0.400. The average Bonchev–Trinajstić information content (AvgIpc) is 2.50. The van der Waals surface area contributed by atoms with Crippen molar-refractivity contribution in [3.63, 3.8) is 0 Å². The first kappa shape index (κ1) is 11.2. The molecule has 0 saturated heterocycles. The molecule has 0 unspecified atom stereocenters. The molecule has 0 fully saturated rings. The third kappa shape index (κ3) is 2.13. The Hall–Kier alpha value is -0.880. The largest absolute Gasteiger partial charge is 0.337 e. The molecule has 14 heavy (non-hydrogen) atoms. The van der Waals surface area contributed by atoms with Crippen LogP contribution in [0.4, 0.5) is 0 Å². The molecule has 0 aromatic carbocycles. The van der Waals surface area contributed by atoms with Gasteiger partial charge in [-0.05, 0) is 6.92 Å². The summed E-state index contributed by atoms with van der Waals surface area (Å²) in [4.78, 5) is 4.01. The van der Waals surface area contributed by atoms with Crippen LogP contribution in [-0.2, 0) is 17.1 Å². The Morgan fingerprint density at radius 3 is 2.71 bits per heavy atom. The fourth-order valence-corrected chi connectivity index (χ4v) is 2.39. The van der Waals surface area contributed by atoms with Crippen LogP contribution in [0.25, 0.3) is 0 Å². The fourth-order valence-electron chi connectivity index (χ4n) is 1.23. The van der Waals surface area contributed by atoms with Crippen molar-refractivity contribution < 1.29 is 8.42 Å². The van der Waals surface area contributed by atoms with Crippen LogP contribution < -0.4 is 4.72 Å². The SMILES string of the molecule is CCNS(=O)(=O)[C@@H](C)c1nccn1C. The molecule has 1 aromatic heterocycles. The van der Waals surface area contributed by atoms with Crippen molar-refractivity contribution in [1.29, 1.82) is 0 Å². The van der Waals surface area contributed by atoms with Crippen LogP contribution in [0.2, 0.25) is 0 Å². The van der Waals surface area contributed by atoms with E-state index in [1.54, 1.807) is 37.9 Å². The van der Waals surface area contributed by atoms with Gasteiger partial charge in [0.05, 0.1) is 0 Å². The highest BCUT2D eigenvalue weighted by molar-refractivity contribution is 7.89. The molecule has 0 aliphatic heterocycles. The molecule has 0 aliphatic carbocycles. The number of nitrogens with one attached hydrogen (secondary N) is 1. The highest BCUT2D eigenvalue weighted by Gasteiger charge is 2.24. The van der Waals surface area contributed by atoms with Crippen molar-refractivity contribution in [3.05, 3.63) is 18.2 Å². The first-order valence-electron chi connectivity index (χ1n) is 4.44. The lowest BCUT2D eigenvalue weighted by Crippen LogP contribution is -2.28. The van der Waals surface area contributed by atoms with Crippen LogP contribution in [0, 0.1) is 0 Å². The van der Waals surface area contributed by atoms with E-state index in [1.165, 1.54) is 0 Å². The molecular formula is C8H15N3O2S. The summed E-state index contributed by atoms with van der Waals surface area (Å²) in [6.45, 7) is 3.78. The van der Waals surface area contributed by atoms with Gasteiger partial charge in [-0.1, -0.05) is 6.92 Å². The summed E-state index contributed by atoms with van der Waals surface area (Å²) in [5.41, 5.74) is 0. The summed E-state index contributed by atoms with van der Waals surface area (Å²) in [5, 5.41) is -0.623. The summed E-state index contributed by atoms with van der Waals surface area (Å²) in [5.74, 6) is 0.547. The van der Waals surface area contributed by atoms with Gasteiger partial charge in [-0.2, -0.15) is 0 Å². The molecule has 0 aliphatic rings. The Labute approximate surface area is 84.2 Å². The third-order valence-electron chi connectivity index (χ3n) is 2.03. The highest BCUT2D eigenvalue weighted by Crippen LogP contribution is 2.17. The van der Waals surface area contributed by atoms with E-state index in [0.29, 0.717) is 12.4 Å². The van der Waals surface area contributed by atoms with Gasteiger partial charge in [0.1, 0.15) is 11.1 Å². The lowest BCUT2D eigenvalue weighted by Gasteiger charge is -2.12. The Morgan fingerprint density at radius 1 is 1.64 bits per heavy atom. The van der Waals surface area contributed by atoms with E-state index < -0.39 is 15.3 Å². The molecule has 0 bridgehead atoms. The number of hydrogen-bond donors (Lipinski definition) is 1. The van der Waals surface area contributed by atoms with E-state index in [-0.39, 0.29) is 0 Å². The van der Waals surface area contributed by atoms with Crippen LogP contribution >= 0.6 is 0 Å². The van der Waals surface area contributed by atoms with Gasteiger partial charge in [0.15, 0.2) is 0 Å². The highest BCUT2D eigenvalue weighted by atomic mass is 32.2. The molecule has 1 N–H and O–H groups in total. The molecule has 6 heteroatoms. The van der Waals surface area contributed by atoms with Crippen molar-refractivity contribution >= 4 is 10.0 Å². The maximum absolute atomic E-state index is 11.6. The summed E-state index contributed by atoms with van der Waals surface area (Å²) in [6.07, 6.45) is 3.32. The average molecular weight is 217 g/mol. The number of aryl methyl sites for hydroxylation is 1. The second kappa shape index (κ2) is 4.10. The monoisotopic (exact) mass is 217 g/mol. The normalized spacial score (nSPS) is 14.2. The Bertz CT molecular complexity index is 396. The van der Waals surface area contributed by atoms with Crippen molar-refractivity contribution in [2.45, 2.75) is 19.1 Å². The van der Waals surface area contributed by atoms with Crippen molar-refractivity contribution in [1.82, 2.24) is 14.3 Å². The number of rotatable bonds is 4. The minimum atomic E-state index is -3.29. The van der Waals surface area contributed by atoms with Crippen LogP contribution in [0.3, 0.4) is 0 Å². The van der Waals surface area contributed by atoms with Gasteiger partial charge in [0.2, 0.25) is 10.0 Å². The van der Waals surface area contributed by atoms with E-state index in [4.69, 9.17) is 0 Å². The molecule has 0 radical (unpaired) electrons. The summed E-state index contributed by atoms with van der Waals surface area (Å²) < 4.78 is 27.4. The Balaban J connectivity index is 2.96. The molecule has 0 amide bonds. The quantitative estimate of drug-likeness (QED) is 0.795. The molecule has 0 saturated carbocycles. The predicted octanol–water partition coefficient (Wildman–Crippen LogP) is 0.420. The molecule has 80 valence electrons. The smallest absolute Gasteiger partial charge is 0.221 e. The van der Waals surface area contributed by atoms with Gasteiger partial charge in [0.25, 0.3) is 0 Å². The summed E-state index contributed by atoms with van der Waals surface area (Å²) >= 11 is 0. The summed E-state index contributed by atoms with van der Waals surface area (Å²) in [6, 6.07) is 0. The fraction of sp³-hybridized carbons (Fsp3) is 0.625. The second-order valence-electron chi connectivity index (χ2n) is 3.08. The second-order valence-corrected chi connectivity index (χ2v) is 5.17. The molecule has 1 rings (SSSR count). The molecular weight excluding hydrogens is 202 g/mol. The van der Waals surface area contributed by atoms with Gasteiger partial charge < -0.3 is 4.57 Å². The molecule has 1 heterocycles. The zero-order valence-electron chi connectivity index (χ0n) is 8.56. The standard InChI is InChI=1S/C8H15N3O2S/c1-4-10-14(12,13)7(2)8-9-5-6-11(8)3/h5-7,10H,4H2,1-3H3/t7-/m0/s1. The van der Waals surface area contributed by atoms with E-state index in [9.17, 15) is 8.42 Å². The van der Waals surface area contributed by atoms with Gasteiger partial charge in [-0.25, -0.2) is 18.1 Å². The maximum atomic E-state index is 11.6. The number of hydrogen-bond acceptors (Lipinski definition) is 3. The van der Waals surface area contributed by atoms with Crippen molar-refractivity contribution in [2.75, 3.05) is 6.54 Å². The minimum Gasteiger partial charge on any atom is -0.337 e. The van der Waals surface area contributed by atoms with E-state index in [1.807, 2.05) is 0 Å². The van der Waals surface area contributed by atoms with Crippen LogP contribution in [0.5, 0.6) is 0 Å². The van der Waals surface area contributed by atoms with Gasteiger partial charge in [-0.3, -0.25) is 0 Å². The first-order valence-corrected chi connectivity index (χ1v) is 5.99. The molecule has 1 aromatic rings. The maximum Gasteiger partial charge on any atom is 0.221 e. The van der Waals surface area contributed by atoms with Gasteiger partial charge in [0, 0.05) is 26.0 Å². The zero-order chi connectivity index (χ0) is 10.8. The topological polar surface area (TPSA) is 64.0 Å². The van der Waals surface area contributed by atoms with E-state index in [2.05, 4.69) is 9.71 Å². The van der Waals surface area contributed by atoms with E-state index >= 15 is 0 Å². The van der Waals surface area contributed by atoms with Gasteiger partial charge >= 0.3 is 0 Å². The summed E-state index contributed by atoms with van der Waals surface area (Å²) in [7, 11) is -1.51. The number of sulfonamides is 1. The number of nitrogens with zero attached hydrogens (tertiary/aromatic N) is 2. The van der Waals surface area contributed by atoms with Crippen molar-refractivity contribution in [2.24, 2.45) is 7.05 Å². The van der Waals surface area contributed by atoms with Crippen molar-refractivity contribution in [3.8, 4) is 0 Å².